The zero-order valence-corrected chi connectivity index (χ0v) is 14.9. The smallest absolute Gasteiger partial charge is 0.258 e. The van der Waals surface area contributed by atoms with Crippen LogP contribution in [0.3, 0.4) is 0 Å². The van der Waals surface area contributed by atoms with Crippen molar-refractivity contribution >= 4 is 29.3 Å². The molecule has 6 heteroatoms. The molecule has 0 aliphatic heterocycles. The minimum absolute atomic E-state index is 0.258. The molecule has 0 saturated carbocycles. The first-order chi connectivity index (χ1) is 12.5. The predicted octanol–water partition coefficient (Wildman–Crippen LogP) is 3.89. The molecule has 26 heavy (non-hydrogen) atoms. The SMILES string of the molecule is Cc1cc(C(N)=O)ccc1NC(=O)c1cccnc1Sc1ccccc1. The van der Waals surface area contributed by atoms with Crippen LogP contribution in [0.4, 0.5) is 5.69 Å². The highest BCUT2D eigenvalue weighted by molar-refractivity contribution is 7.99. The maximum atomic E-state index is 12.7. The molecule has 0 aliphatic rings. The van der Waals surface area contributed by atoms with E-state index in [9.17, 15) is 9.59 Å². The van der Waals surface area contributed by atoms with Gasteiger partial charge in [0.2, 0.25) is 5.91 Å². The minimum atomic E-state index is -0.500. The van der Waals surface area contributed by atoms with Gasteiger partial charge >= 0.3 is 0 Å². The molecular formula is C20H17N3O2S. The summed E-state index contributed by atoms with van der Waals surface area (Å²) in [7, 11) is 0. The Morgan fingerprint density at radius 1 is 1.04 bits per heavy atom. The molecule has 3 rings (SSSR count). The molecule has 1 heterocycles. The van der Waals surface area contributed by atoms with Gasteiger partial charge in [-0.1, -0.05) is 30.0 Å². The third-order valence-corrected chi connectivity index (χ3v) is 4.76. The van der Waals surface area contributed by atoms with Gasteiger partial charge in [0.15, 0.2) is 0 Å². The molecule has 0 aliphatic carbocycles. The molecule has 5 nitrogen and oxygen atoms in total. The van der Waals surface area contributed by atoms with Crippen LogP contribution in [-0.2, 0) is 0 Å². The molecule has 0 atom stereocenters. The van der Waals surface area contributed by atoms with Gasteiger partial charge < -0.3 is 11.1 Å². The molecule has 0 spiro atoms. The monoisotopic (exact) mass is 363 g/mol. The highest BCUT2D eigenvalue weighted by Gasteiger charge is 2.15. The van der Waals surface area contributed by atoms with Gasteiger partial charge in [-0.15, -0.1) is 0 Å². The van der Waals surface area contributed by atoms with Crippen molar-refractivity contribution in [2.45, 2.75) is 16.8 Å². The second kappa shape index (κ2) is 7.84. The number of rotatable bonds is 5. The van der Waals surface area contributed by atoms with E-state index >= 15 is 0 Å². The molecule has 3 N–H and O–H groups in total. The Balaban J connectivity index is 1.84. The fourth-order valence-electron chi connectivity index (χ4n) is 2.39. The van der Waals surface area contributed by atoms with Crippen LogP contribution in [0.1, 0.15) is 26.3 Å². The van der Waals surface area contributed by atoms with Crippen molar-refractivity contribution in [1.82, 2.24) is 4.98 Å². The quantitative estimate of drug-likeness (QED) is 0.720. The summed E-state index contributed by atoms with van der Waals surface area (Å²) < 4.78 is 0. The number of nitrogens with two attached hydrogens (primary N) is 1. The standard InChI is InChI=1S/C20H17N3O2S/c1-13-12-14(18(21)24)9-10-17(13)23-19(25)16-8-5-11-22-20(16)26-15-6-3-2-4-7-15/h2-12H,1H3,(H2,21,24)(H,23,25). The summed E-state index contributed by atoms with van der Waals surface area (Å²) >= 11 is 1.43. The number of amides is 2. The Labute approximate surface area is 155 Å². The van der Waals surface area contributed by atoms with Gasteiger partial charge in [0.25, 0.3) is 5.91 Å². The number of aryl methyl sites for hydroxylation is 1. The Morgan fingerprint density at radius 2 is 1.81 bits per heavy atom. The van der Waals surface area contributed by atoms with Gasteiger partial charge in [-0.2, -0.15) is 0 Å². The van der Waals surface area contributed by atoms with Gasteiger partial charge in [0.05, 0.1) is 5.56 Å². The van der Waals surface area contributed by atoms with Gasteiger partial charge in [0, 0.05) is 22.3 Å². The molecule has 2 amide bonds. The summed E-state index contributed by atoms with van der Waals surface area (Å²) in [4.78, 5) is 29.3. The molecular weight excluding hydrogens is 346 g/mol. The van der Waals surface area contributed by atoms with Gasteiger partial charge in [-0.05, 0) is 55.0 Å². The number of carbonyl (C=O) groups is 2. The average Bonchev–Trinajstić information content (AvgIpc) is 2.64. The maximum Gasteiger partial charge on any atom is 0.258 e. The molecule has 3 aromatic rings. The van der Waals surface area contributed by atoms with E-state index in [2.05, 4.69) is 10.3 Å². The van der Waals surface area contributed by atoms with Crippen molar-refractivity contribution in [3.05, 3.63) is 83.6 Å². The van der Waals surface area contributed by atoms with Crippen molar-refractivity contribution < 1.29 is 9.59 Å². The first-order valence-corrected chi connectivity index (χ1v) is 8.76. The zero-order valence-electron chi connectivity index (χ0n) is 14.1. The molecule has 130 valence electrons. The number of anilines is 1. The van der Waals surface area contributed by atoms with E-state index in [1.54, 1.807) is 36.5 Å². The van der Waals surface area contributed by atoms with Crippen molar-refractivity contribution in [2.24, 2.45) is 5.73 Å². The first-order valence-electron chi connectivity index (χ1n) is 7.94. The van der Waals surface area contributed by atoms with Crippen LogP contribution in [0, 0.1) is 6.92 Å². The van der Waals surface area contributed by atoms with Crippen LogP contribution in [0.2, 0.25) is 0 Å². The molecule has 0 radical (unpaired) electrons. The number of aromatic nitrogens is 1. The molecule has 0 bridgehead atoms. The number of hydrogen-bond acceptors (Lipinski definition) is 4. The van der Waals surface area contributed by atoms with E-state index in [0.29, 0.717) is 21.8 Å². The number of hydrogen-bond donors (Lipinski definition) is 2. The lowest BCUT2D eigenvalue weighted by Crippen LogP contribution is -2.15. The Morgan fingerprint density at radius 3 is 2.50 bits per heavy atom. The lowest BCUT2D eigenvalue weighted by molar-refractivity contribution is 0.0998. The number of nitrogens with zero attached hydrogens (tertiary/aromatic N) is 1. The summed E-state index contributed by atoms with van der Waals surface area (Å²) in [6.45, 7) is 1.81. The fourth-order valence-corrected chi connectivity index (χ4v) is 3.29. The number of nitrogens with one attached hydrogen (secondary N) is 1. The fraction of sp³-hybridized carbons (Fsp3) is 0.0500. The zero-order chi connectivity index (χ0) is 18.5. The van der Waals surface area contributed by atoms with E-state index in [1.807, 2.05) is 37.3 Å². The highest BCUT2D eigenvalue weighted by Crippen LogP contribution is 2.29. The second-order valence-corrected chi connectivity index (χ2v) is 6.68. The third-order valence-electron chi connectivity index (χ3n) is 3.73. The largest absolute Gasteiger partial charge is 0.366 e. The molecule has 2 aromatic carbocycles. The van der Waals surface area contributed by atoms with Crippen molar-refractivity contribution in [3.8, 4) is 0 Å². The second-order valence-electron chi connectivity index (χ2n) is 5.62. The van der Waals surface area contributed by atoms with E-state index in [1.165, 1.54) is 11.8 Å². The Hall–Kier alpha value is -3.12. The van der Waals surface area contributed by atoms with Crippen LogP contribution in [0.15, 0.2) is 76.8 Å². The van der Waals surface area contributed by atoms with Crippen molar-refractivity contribution in [1.29, 1.82) is 0 Å². The normalized spacial score (nSPS) is 10.3. The van der Waals surface area contributed by atoms with Crippen molar-refractivity contribution in [2.75, 3.05) is 5.32 Å². The van der Waals surface area contributed by atoms with Gasteiger partial charge in [-0.3, -0.25) is 9.59 Å². The molecule has 0 saturated heterocycles. The van der Waals surface area contributed by atoms with Crippen LogP contribution in [-0.4, -0.2) is 16.8 Å². The molecule has 0 fully saturated rings. The Bertz CT molecular complexity index is 958. The number of pyridine rings is 1. The first kappa shape index (κ1) is 17.7. The number of benzene rings is 2. The topological polar surface area (TPSA) is 85.1 Å². The summed E-state index contributed by atoms with van der Waals surface area (Å²) in [6.07, 6.45) is 1.66. The van der Waals surface area contributed by atoms with Crippen LogP contribution in [0.5, 0.6) is 0 Å². The molecule has 1 aromatic heterocycles. The summed E-state index contributed by atoms with van der Waals surface area (Å²) in [5.74, 6) is -0.758. The van der Waals surface area contributed by atoms with E-state index in [-0.39, 0.29) is 5.91 Å². The van der Waals surface area contributed by atoms with Gasteiger partial charge in [-0.25, -0.2) is 4.98 Å². The van der Waals surface area contributed by atoms with Crippen molar-refractivity contribution in [3.63, 3.8) is 0 Å². The average molecular weight is 363 g/mol. The number of carbonyl (C=O) groups excluding carboxylic acids is 2. The molecule has 0 unspecified atom stereocenters. The van der Waals surface area contributed by atoms with E-state index < -0.39 is 5.91 Å². The van der Waals surface area contributed by atoms with E-state index in [0.717, 1.165) is 10.5 Å². The van der Waals surface area contributed by atoms with E-state index in [4.69, 9.17) is 5.73 Å². The Kier molecular flexibility index (Phi) is 5.34. The lowest BCUT2D eigenvalue weighted by atomic mass is 10.1. The highest BCUT2D eigenvalue weighted by atomic mass is 32.2. The third kappa shape index (κ3) is 4.10. The van der Waals surface area contributed by atoms with Gasteiger partial charge in [0.1, 0.15) is 5.03 Å². The predicted molar refractivity (Wildman–Crippen MR) is 102 cm³/mol. The summed E-state index contributed by atoms with van der Waals surface area (Å²) in [5, 5.41) is 3.50. The van der Waals surface area contributed by atoms with Crippen LogP contribution in [0.25, 0.3) is 0 Å². The van der Waals surface area contributed by atoms with Crippen LogP contribution >= 0.6 is 11.8 Å². The summed E-state index contributed by atoms with van der Waals surface area (Å²) in [5.41, 5.74) is 7.56. The summed E-state index contributed by atoms with van der Waals surface area (Å²) in [6, 6.07) is 18.1. The lowest BCUT2D eigenvalue weighted by Gasteiger charge is -2.11. The number of primary amides is 1. The maximum absolute atomic E-state index is 12.7. The van der Waals surface area contributed by atoms with Crippen LogP contribution < -0.4 is 11.1 Å². The minimum Gasteiger partial charge on any atom is -0.366 e.